The Bertz CT molecular complexity index is 763. The highest BCUT2D eigenvalue weighted by molar-refractivity contribution is 6.00. The zero-order valence-electron chi connectivity index (χ0n) is 11.2. The molecule has 0 aliphatic heterocycles. The van der Waals surface area contributed by atoms with Crippen LogP contribution in [0.2, 0.25) is 0 Å². The van der Waals surface area contributed by atoms with Gasteiger partial charge in [0.2, 0.25) is 0 Å². The molecule has 0 saturated carbocycles. The van der Waals surface area contributed by atoms with E-state index in [-0.39, 0.29) is 11.3 Å². The first-order valence-corrected chi connectivity index (χ1v) is 6.14. The minimum atomic E-state index is -1.26. The molecule has 0 saturated heterocycles. The summed E-state index contributed by atoms with van der Waals surface area (Å²) in [6.45, 7) is 0. The SMILES string of the molecule is N#Cc1ccc(NC(=O)Nc2ccc(C(=O)O)c(O)c2)cc1. The highest BCUT2D eigenvalue weighted by atomic mass is 16.4. The van der Waals surface area contributed by atoms with Crippen molar-refractivity contribution in [2.24, 2.45) is 0 Å². The topological polar surface area (TPSA) is 122 Å². The van der Waals surface area contributed by atoms with E-state index in [1.807, 2.05) is 6.07 Å². The Balaban J connectivity index is 2.04. The molecule has 0 fully saturated rings. The van der Waals surface area contributed by atoms with Gasteiger partial charge in [-0.1, -0.05) is 0 Å². The van der Waals surface area contributed by atoms with Gasteiger partial charge >= 0.3 is 12.0 Å². The third-order valence-electron chi connectivity index (χ3n) is 2.76. The summed E-state index contributed by atoms with van der Waals surface area (Å²) < 4.78 is 0. The van der Waals surface area contributed by atoms with Crippen LogP contribution in [0.4, 0.5) is 16.2 Å². The maximum Gasteiger partial charge on any atom is 0.339 e. The van der Waals surface area contributed by atoms with Crippen molar-refractivity contribution in [2.75, 3.05) is 10.6 Å². The molecule has 0 unspecified atom stereocenters. The van der Waals surface area contributed by atoms with E-state index in [2.05, 4.69) is 10.6 Å². The number of carbonyl (C=O) groups is 2. The van der Waals surface area contributed by atoms with E-state index in [0.717, 1.165) is 6.07 Å². The monoisotopic (exact) mass is 297 g/mol. The fourth-order valence-electron chi connectivity index (χ4n) is 1.71. The fourth-order valence-corrected chi connectivity index (χ4v) is 1.71. The van der Waals surface area contributed by atoms with E-state index in [4.69, 9.17) is 10.4 Å². The first-order valence-electron chi connectivity index (χ1n) is 6.14. The van der Waals surface area contributed by atoms with Crippen LogP contribution in [0.3, 0.4) is 0 Å². The van der Waals surface area contributed by atoms with Crippen LogP contribution < -0.4 is 10.6 Å². The number of nitriles is 1. The van der Waals surface area contributed by atoms with E-state index in [1.54, 1.807) is 24.3 Å². The second-order valence-corrected chi connectivity index (χ2v) is 4.31. The highest BCUT2D eigenvalue weighted by Gasteiger charge is 2.11. The van der Waals surface area contributed by atoms with Crippen molar-refractivity contribution in [2.45, 2.75) is 0 Å². The number of hydrogen-bond donors (Lipinski definition) is 4. The van der Waals surface area contributed by atoms with Gasteiger partial charge in [-0.15, -0.1) is 0 Å². The minimum absolute atomic E-state index is 0.244. The van der Waals surface area contributed by atoms with Gasteiger partial charge in [-0.2, -0.15) is 5.26 Å². The molecular weight excluding hydrogens is 286 g/mol. The summed E-state index contributed by atoms with van der Waals surface area (Å²) in [7, 11) is 0. The van der Waals surface area contributed by atoms with Gasteiger partial charge in [-0.25, -0.2) is 9.59 Å². The van der Waals surface area contributed by atoms with Crippen LogP contribution >= 0.6 is 0 Å². The minimum Gasteiger partial charge on any atom is -0.507 e. The first kappa shape index (κ1) is 14.9. The number of urea groups is 1. The molecule has 7 nitrogen and oxygen atoms in total. The van der Waals surface area contributed by atoms with Gasteiger partial charge in [0.05, 0.1) is 11.6 Å². The van der Waals surface area contributed by atoms with E-state index in [9.17, 15) is 14.7 Å². The van der Waals surface area contributed by atoms with E-state index in [0.29, 0.717) is 11.3 Å². The number of amides is 2. The second kappa shape index (κ2) is 6.28. The Kier molecular flexibility index (Phi) is 4.24. The number of nitrogens with one attached hydrogen (secondary N) is 2. The summed E-state index contributed by atoms with van der Waals surface area (Å²) >= 11 is 0. The Morgan fingerprint density at radius 1 is 1.00 bits per heavy atom. The zero-order chi connectivity index (χ0) is 16.1. The van der Waals surface area contributed by atoms with Gasteiger partial charge in [0.15, 0.2) is 0 Å². The number of nitrogens with zero attached hydrogens (tertiary/aromatic N) is 1. The normalized spacial score (nSPS) is 9.59. The molecule has 2 aromatic rings. The summed E-state index contributed by atoms with van der Waals surface area (Å²) in [5.74, 6) is -1.70. The maximum atomic E-state index is 11.8. The van der Waals surface area contributed by atoms with Crippen LogP contribution in [0, 0.1) is 11.3 Å². The fraction of sp³-hybridized carbons (Fsp3) is 0. The van der Waals surface area contributed by atoms with Gasteiger partial charge in [-0.05, 0) is 36.4 Å². The molecule has 22 heavy (non-hydrogen) atoms. The van der Waals surface area contributed by atoms with Crippen molar-refractivity contribution in [3.05, 3.63) is 53.6 Å². The van der Waals surface area contributed by atoms with Crippen LogP contribution in [0.1, 0.15) is 15.9 Å². The molecule has 0 aromatic heterocycles. The summed E-state index contributed by atoms with van der Waals surface area (Å²) in [5.41, 5.74) is 0.953. The molecule has 0 aliphatic rings. The quantitative estimate of drug-likeness (QED) is 0.693. The first-order chi connectivity index (χ1) is 10.5. The van der Waals surface area contributed by atoms with Crippen molar-refractivity contribution in [3.63, 3.8) is 0 Å². The largest absolute Gasteiger partial charge is 0.507 e. The van der Waals surface area contributed by atoms with E-state index in [1.165, 1.54) is 12.1 Å². The lowest BCUT2D eigenvalue weighted by Crippen LogP contribution is -2.19. The summed E-state index contributed by atoms with van der Waals surface area (Å²) in [6.07, 6.45) is 0. The number of aromatic carboxylic acids is 1. The van der Waals surface area contributed by atoms with Crippen molar-refractivity contribution < 1.29 is 19.8 Å². The summed E-state index contributed by atoms with van der Waals surface area (Å²) in [6, 6.07) is 11.4. The molecule has 0 atom stereocenters. The number of carboxylic acids is 1. The predicted octanol–water partition coefficient (Wildman–Crippen LogP) is 2.61. The number of benzene rings is 2. The van der Waals surface area contributed by atoms with E-state index >= 15 is 0 Å². The molecule has 2 amide bonds. The third-order valence-corrected chi connectivity index (χ3v) is 2.76. The van der Waals surface area contributed by atoms with Crippen LogP contribution in [0.25, 0.3) is 0 Å². The number of phenols is 1. The molecule has 0 heterocycles. The Hall–Kier alpha value is -3.53. The summed E-state index contributed by atoms with van der Waals surface area (Å²) in [5, 5.41) is 32.0. The highest BCUT2D eigenvalue weighted by Crippen LogP contribution is 2.22. The van der Waals surface area contributed by atoms with Crippen molar-refractivity contribution >= 4 is 23.4 Å². The standard InChI is InChI=1S/C15H11N3O4/c16-8-9-1-3-10(4-2-9)17-15(22)18-11-5-6-12(14(20)21)13(19)7-11/h1-7,19H,(H,20,21)(H2,17,18,22). The van der Waals surface area contributed by atoms with Crippen LogP contribution in [0.15, 0.2) is 42.5 Å². The van der Waals surface area contributed by atoms with Crippen molar-refractivity contribution in [1.29, 1.82) is 5.26 Å². The number of aromatic hydroxyl groups is 1. The number of rotatable bonds is 3. The lowest BCUT2D eigenvalue weighted by molar-refractivity contribution is 0.0694. The maximum absolute atomic E-state index is 11.8. The zero-order valence-corrected chi connectivity index (χ0v) is 11.2. The molecule has 2 rings (SSSR count). The molecule has 0 spiro atoms. The molecular formula is C15H11N3O4. The second-order valence-electron chi connectivity index (χ2n) is 4.31. The van der Waals surface area contributed by atoms with Crippen LogP contribution in [-0.2, 0) is 0 Å². The number of carboxylic acid groups (broad SMARTS) is 1. The van der Waals surface area contributed by atoms with E-state index < -0.39 is 17.7 Å². The predicted molar refractivity (Wildman–Crippen MR) is 78.9 cm³/mol. The lowest BCUT2D eigenvalue weighted by Gasteiger charge is -2.08. The molecule has 110 valence electrons. The molecule has 2 aromatic carbocycles. The lowest BCUT2D eigenvalue weighted by atomic mass is 10.2. The third kappa shape index (κ3) is 3.52. The smallest absolute Gasteiger partial charge is 0.339 e. The van der Waals surface area contributed by atoms with Gasteiger partial charge in [-0.3, -0.25) is 0 Å². The Morgan fingerprint density at radius 3 is 2.14 bits per heavy atom. The van der Waals surface area contributed by atoms with Gasteiger partial charge in [0, 0.05) is 17.4 Å². The van der Waals surface area contributed by atoms with Gasteiger partial charge in [0.25, 0.3) is 0 Å². The number of hydrogen-bond acceptors (Lipinski definition) is 4. The number of anilines is 2. The van der Waals surface area contributed by atoms with Gasteiger partial charge in [0.1, 0.15) is 11.3 Å². The average Bonchev–Trinajstić information content (AvgIpc) is 2.47. The van der Waals surface area contributed by atoms with Crippen molar-refractivity contribution in [3.8, 4) is 11.8 Å². The average molecular weight is 297 g/mol. The van der Waals surface area contributed by atoms with Crippen LogP contribution in [-0.4, -0.2) is 22.2 Å². The van der Waals surface area contributed by atoms with Crippen LogP contribution in [0.5, 0.6) is 5.75 Å². The molecule has 0 bridgehead atoms. The Labute approximate surface area is 125 Å². The Morgan fingerprint density at radius 2 is 1.59 bits per heavy atom. The number of carbonyl (C=O) groups excluding carboxylic acids is 1. The van der Waals surface area contributed by atoms with Crippen molar-refractivity contribution in [1.82, 2.24) is 0 Å². The molecule has 4 N–H and O–H groups in total. The molecule has 0 aliphatic carbocycles. The summed E-state index contributed by atoms with van der Waals surface area (Å²) in [4.78, 5) is 22.5. The molecule has 7 heteroatoms. The van der Waals surface area contributed by atoms with Gasteiger partial charge < -0.3 is 20.8 Å². The molecule has 0 radical (unpaired) electrons.